The summed E-state index contributed by atoms with van der Waals surface area (Å²) in [6.07, 6.45) is 1.29. The molecule has 0 bridgehead atoms. The molecule has 1 amide bonds. The summed E-state index contributed by atoms with van der Waals surface area (Å²) >= 11 is 1.86. The van der Waals surface area contributed by atoms with Crippen molar-refractivity contribution < 1.29 is 19.4 Å². The minimum absolute atomic E-state index is 0.0102. The van der Waals surface area contributed by atoms with Gasteiger partial charge in [-0.15, -0.1) is 0 Å². The highest BCUT2D eigenvalue weighted by atomic mass is 32.2. The number of nitrogens with zero attached hydrogens (tertiary/aromatic N) is 1. The average molecular weight is 303 g/mol. The first kappa shape index (κ1) is 17.3. The molecule has 20 heavy (non-hydrogen) atoms. The van der Waals surface area contributed by atoms with Gasteiger partial charge < -0.3 is 14.7 Å². The third-order valence-electron chi connectivity index (χ3n) is 3.46. The molecule has 1 N–H and O–H groups in total. The summed E-state index contributed by atoms with van der Waals surface area (Å²) in [6, 6.07) is 0.267. The molecule has 116 valence electrons. The van der Waals surface area contributed by atoms with E-state index in [4.69, 9.17) is 9.84 Å². The van der Waals surface area contributed by atoms with Gasteiger partial charge in [0.15, 0.2) is 0 Å². The van der Waals surface area contributed by atoms with Crippen molar-refractivity contribution in [3.8, 4) is 0 Å². The number of carbonyl (C=O) groups is 2. The summed E-state index contributed by atoms with van der Waals surface area (Å²) in [5.41, 5.74) is -0.514. The van der Waals surface area contributed by atoms with Crippen LogP contribution in [-0.2, 0) is 14.3 Å². The van der Waals surface area contributed by atoms with Crippen LogP contribution < -0.4 is 0 Å². The molecule has 1 heterocycles. The minimum Gasteiger partial charge on any atom is -0.481 e. The van der Waals surface area contributed by atoms with Crippen LogP contribution in [0.15, 0.2) is 0 Å². The molecule has 0 aromatic rings. The fraction of sp³-hybridized carbons (Fsp3) is 0.857. The number of hydrogen-bond donors (Lipinski definition) is 1. The van der Waals surface area contributed by atoms with Crippen LogP contribution in [0, 0.1) is 5.41 Å². The van der Waals surface area contributed by atoms with Gasteiger partial charge in [0, 0.05) is 31.9 Å². The topological polar surface area (TPSA) is 66.8 Å². The van der Waals surface area contributed by atoms with Crippen molar-refractivity contribution in [2.24, 2.45) is 5.41 Å². The van der Waals surface area contributed by atoms with Gasteiger partial charge in [0.2, 0.25) is 5.91 Å². The number of amides is 1. The number of carbonyl (C=O) groups excluding carboxylic acids is 1. The van der Waals surface area contributed by atoms with Gasteiger partial charge in [-0.25, -0.2) is 0 Å². The fourth-order valence-corrected chi connectivity index (χ4v) is 3.68. The molecule has 0 radical (unpaired) electrons. The molecule has 1 aliphatic heterocycles. The molecule has 6 heteroatoms. The monoisotopic (exact) mass is 303 g/mol. The van der Waals surface area contributed by atoms with E-state index in [0.29, 0.717) is 13.2 Å². The van der Waals surface area contributed by atoms with Crippen LogP contribution in [0.3, 0.4) is 0 Å². The predicted octanol–water partition coefficient (Wildman–Crippen LogP) is 1.86. The van der Waals surface area contributed by atoms with Crippen LogP contribution in [0.4, 0.5) is 0 Å². The molecule has 0 aliphatic carbocycles. The summed E-state index contributed by atoms with van der Waals surface area (Å²) in [4.78, 5) is 25.2. The van der Waals surface area contributed by atoms with Crippen LogP contribution in [-0.4, -0.2) is 59.7 Å². The smallest absolute Gasteiger partial charge is 0.303 e. The third-order valence-corrected chi connectivity index (χ3v) is 4.61. The van der Waals surface area contributed by atoms with E-state index in [1.165, 1.54) is 0 Å². The van der Waals surface area contributed by atoms with Crippen molar-refractivity contribution in [3.63, 3.8) is 0 Å². The van der Waals surface area contributed by atoms with E-state index in [-0.39, 0.29) is 24.8 Å². The standard InChI is InChI=1S/C14H25NO4S/c1-14(2,9-13(17)18)8-12(16)15(5-6-19-3)11-4-7-20-10-11/h11H,4-10H2,1-3H3,(H,17,18). The summed E-state index contributed by atoms with van der Waals surface area (Å²) in [5.74, 6) is 1.23. The number of rotatable bonds is 8. The molecule has 0 aromatic carbocycles. The van der Waals surface area contributed by atoms with Crippen molar-refractivity contribution in [1.29, 1.82) is 0 Å². The lowest BCUT2D eigenvalue weighted by Gasteiger charge is -2.32. The van der Waals surface area contributed by atoms with Crippen molar-refractivity contribution in [2.75, 3.05) is 31.8 Å². The maximum atomic E-state index is 12.5. The number of methoxy groups -OCH3 is 1. The van der Waals surface area contributed by atoms with Gasteiger partial charge in [0.05, 0.1) is 13.0 Å². The van der Waals surface area contributed by atoms with E-state index in [1.807, 2.05) is 30.5 Å². The van der Waals surface area contributed by atoms with Gasteiger partial charge >= 0.3 is 5.97 Å². The zero-order chi connectivity index (χ0) is 15.2. The third kappa shape index (κ3) is 5.71. The highest BCUT2D eigenvalue weighted by molar-refractivity contribution is 7.99. The van der Waals surface area contributed by atoms with Crippen LogP contribution in [0.1, 0.15) is 33.1 Å². The number of carboxylic acids is 1. The van der Waals surface area contributed by atoms with Gasteiger partial charge in [0.25, 0.3) is 0 Å². The van der Waals surface area contributed by atoms with E-state index in [1.54, 1.807) is 7.11 Å². The molecule has 0 spiro atoms. The predicted molar refractivity (Wildman–Crippen MR) is 80.0 cm³/mol. The van der Waals surface area contributed by atoms with Gasteiger partial charge in [-0.1, -0.05) is 13.8 Å². The zero-order valence-electron chi connectivity index (χ0n) is 12.6. The van der Waals surface area contributed by atoms with E-state index in [2.05, 4.69) is 0 Å². The Morgan fingerprint density at radius 2 is 2.10 bits per heavy atom. The number of ether oxygens (including phenoxy) is 1. The van der Waals surface area contributed by atoms with Crippen molar-refractivity contribution in [1.82, 2.24) is 4.90 Å². The van der Waals surface area contributed by atoms with Gasteiger partial charge in [-0.05, 0) is 17.6 Å². The Hall–Kier alpha value is -0.750. The Labute approximate surface area is 125 Å². The lowest BCUT2D eigenvalue weighted by Crippen LogP contribution is -2.44. The molecule has 1 unspecified atom stereocenters. The van der Waals surface area contributed by atoms with E-state index in [9.17, 15) is 9.59 Å². The fourth-order valence-electron chi connectivity index (χ4n) is 2.45. The van der Waals surface area contributed by atoms with Crippen molar-refractivity contribution in [2.45, 2.75) is 39.2 Å². The quantitative estimate of drug-likeness (QED) is 0.741. The normalized spacial score (nSPS) is 19.1. The Morgan fingerprint density at radius 1 is 1.40 bits per heavy atom. The molecule has 1 fully saturated rings. The molecule has 1 atom stereocenters. The maximum absolute atomic E-state index is 12.5. The molecule has 1 aliphatic rings. The first-order chi connectivity index (χ1) is 9.35. The summed E-state index contributed by atoms with van der Waals surface area (Å²) in [6.45, 7) is 4.77. The number of carboxylic acid groups (broad SMARTS) is 1. The Morgan fingerprint density at radius 3 is 2.60 bits per heavy atom. The number of thioether (sulfide) groups is 1. The lowest BCUT2D eigenvalue weighted by atomic mass is 9.85. The van der Waals surface area contributed by atoms with Gasteiger partial charge in [0.1, 0.15) is 0 Å². The number of aliphatic carboxylic acids is 1. The maximum Gasteiger partial charge on any atom is 0.303 e. The van der Waals surface area contributed by atoms with Crippen molar-refractivity contribution in [3.05, 3.63) is 0 Å². The Kier molecular flexibility index (Phi) is 6.82. The van der Waals surface area contributed by atoms with E-state index < -0.39 is 11.4 Å². The lowest BCUT2D eigenvalue weighted by molar-refractivity contribution is -0.141. The van der Waals surface area contributed by atoms with E-state index >= 15 is 0 Å². The number of hydrogen-bond acceptors (Lipinski definition) is 4. The average Bonchev–Trinajstić information content (AvgIpc) is 2.80. The molecular weight excluding hydrogens is 278 g/mol. The summed E-state index contributed by atoms with van der Waals surface area (Å²) in [7, 11) is 1.63. The minimum atomic E-state index is -0.859. The molecule has 5 nitrogen and oxygen atoms in total. The molecule has 0 aromatic heterocycles. The van der Waals surface area contributed by atoms with Crippen LogP contribution >= 0.6 is 11.8 Å². The highest BCUT2D eigenvalue weighted by Crippen LogP contribution is 2.29. The van der Waals surface area contributed by atoms with Gasteiger partial charge in [-0.3, -0.25) is 9.59 Å². The largest absolute Gasteiger partial charge is 0.481 e. The van der Waals surface area contributed by atoms with Crippen LogP contribution in [0.25, 0.3) is 0 Å². The first-order valence-electron chi connectivity index (χ1n) is 6.93. The molecule has 0 saturated carbocycles. The Bertz CT molecular complexity index is 340. The second-order valence-electron chi connectivity index (χ2n) is 6.01. The molecule has 1 rings (SSSR count). The second kappa shape index (κ2) is 7.88. The molecule has 1 saturated heterocycles. The van der Waals surface area contributed by atoms with Crippen LogP contribution in [0.2, 0.25) is 0 Å². The van der Waals surface area contributed by atoms with E-state index in [0.717, 1.165) is 17.9 Å². The van der Waals surface area contributed by atoms with Crippen LogP contribution in [0.5, 0.6) is 0 Å². The SMILES string of the molecule is COCCN(C(=O)CC(C)(C)CC(=O)O)C1CCSC1. The highest BCUT2D eigenvalue weighted by Gasteiger charge is 2.32. The summed E-state index contributed by atoms with van der Waals surface area (Å²) in [5, 5.41) is 8.91. The second-order valence-corrected chi connectivity index (χ2v) is 7.16. The molecular formula is C14H25NO4S. The Balaban J connectivity index is 2.64. The first-order valence-corrected chi connectivity index (χ1v) is 8.09. The van der Waals surface area contributed by atoms with Gasteiger partial charge in [-0.2, -0.15) is 11.8 Å². The summed E-state index contributed by atoms with van der Waals surface area (Å²) < 4.78 is 5.08. The zero-order valence-corrected chi connectivity index (χ0v) is 13.4. The van der Waals surface area contributed by atoms with Crippen molar-refractivity contribution >= 4 is 23.6 Å².